The van der Waals surface area contributed by atoms with Gasteiger partial charge in [-0.05, 0) is 43.5 Å². The molecule has 1 aliphatic rings. The molecule has 3 nitrogen and oxygen atoms in total. The van der Waals surface area contributed by atoms with Crippen LogP contribution in [0.25, 0.3) is 0 Å². The Morgan fingerprint density at radius 3 is 2.79 bits per heavy atom. The second-order valence-corrected chi connectivity index (χ2v) is 5.29. The lowest BCUT2D eigenvalue weighted by Crippen LogP contribution is -2.39. The Balaban J connectivity index is 1.90. The lowest BCUT2D eigenvalue weighted by Gasteiger charge is -2.15. The van der Waals surface area contributed by atoms with E-state index in [1.165, 1.54) is 18.4 Å². The maximum atomic E-state index is 12.2. The van der Waals surface area contributed by atoms with E-state index in [4.69, 9.17) is 0 Å². The molecule has 104 valence electrons. The molecule has 1 saturated heterocycles. The van der Waals surface area contributed by atoms with E-state index in [0.29, 0.717) is 0 Å². The lowest BCUT2D eigenvalue weighted by atomic mass is 10.1. The summed E-state index contributed by atoms with van der Waals surface area (Å²) >= 11 is 0. The van der Waals surface area contributed by atoms with Crippen molar-refractivity contribution in [1.29, 1.82) is 0 Å². The Morgan fingerprint density at radius 2 is 2.05 bits per heavy atom. The largest absolute Gasteiger partial charge is 0.325 e. The Hall–Kier alpha value is -1.35. The third-order valence-electron chi connectivity index (χ3n) is 3.64. The zero-order valence-corrected chi connectivity index (χ0v) is 11.7. The molecule has 1 atom stereocenters. The number of benzene rings is 1. The molecule has 1 fully saturated rings. The van der Waals surface area contributed by atoms with Crippen LogP contribution in [0.3, 0.4) is 0 Å². The molecule has 0 bridgehead atoms. The first-order chi connectivity index (χ1) is 9.29. The summed E-state index contributed by atoms with van der Waals surface area (Å²) in [6.45, 7) is 3.13. The number of carbonyl (C=O) groups is 1. The van der Waals surface area contributed by atoms with E-state index in [-0.39, 0.29) is 11.9 Å². The molecular formula is C16H24N2O. The first-order valence-corrected chi connectivity index (χ1v) is 7.43. The van der Waals surface area contributed by atoms with Crippen LogP contribution < -0.4 is 10.6 Å². The van der Waals surface area contributed by atoms with Crippen LogP contribution in [0.15, 0.2) is 24.3 Å². The zero-order valence-electron chi connectivity index (χ0n) is 11.7. The molecule has 0 radical (unpaired) electrons. The van der Waals surface area contributed by atoms with E-state index >= 15 is 0 Å². The maximum absolute atomic E-state index is 12.2. The number of carbonyl (C=O) groups excluding carboxylic acids is 1. The van der Waals surface area contributed by atoms with Gasteiger partial charge in [-0.2, -0.15) is 0 Å². The molecule has 0 aliphatic carbocycles. The summed E-state index contributed by atoms with van der Waals surface area (Å²) in [4.78, 5) is 12.2. The van der Waals surface area contributed by atoms with Gasteiger partial charge in [-0.3, -0.25) is 4.79 Å². The maximum Gasteiger partial charge on any atom is 0.241 e. The van der Waals surface area contributed by atoms with Crippen molar-refractivity contribution in [3.63, 3.8) is 0 Å². The summed E-state index contributed by atoms with van der Waals surface area (Å²) < 4.78 is 0. The highest BCUT2D eigenvalue weighted by molar-refractivity contribution is 5.94. The van der Waals surface area contributed by atoms with Crippen molar-refractivity contribution in [3.8, 4) is 0 Å². The molecule has 1 amide bonds. The number of nitrogens with one attached hydrogen (secondary N) is 2. The average Bonchev–Trinajstić information content (AvgIpc) is 2.70. The minimum absolute atomic E-state index is 0.0298. The Kier molecular flexibility index (Phi) is 5.40. The topological polar surface area (TPSA) is 41.1 Å². The van der Waals surface area contributed by atoms with E-state index in [9.17, 15) is 4.79 Å². The van der Waals surface area contributed by atoms with E-state index in [1.807, 2.05) is 12.1 Å². The van der Waals surface area contributed by atoms with Gasteiger partial charge in [0, 0.05) is 5.69 Å². The number of hydrogen-bond donors (Lipinski definition) is 2. The van der Waals surface area contributed by atoms with Crippen LogP contribution in [0.5, 0.6) is 0 Å². The first-order valence-electron chi connectivity index (χ1n) is 7.43. The van der Waals surface area contributed by atoms with Gasteiger partial charge in [0.1, 0.15) is 0 Å². The molecule has 2 N–H and O–H groups in total. The standard InChI is InChI=1S/C16H24N2O/c1-2-6-13-8-10-14(11-9-13)18-16(19)15-7-4-3-5-12-17-15/h8-11,15,17H,2-7,12H2,1H3,(H,18,19). The third-order valence-corrected chi connectivity index (χ3v) is 3.64. The van der Waals surface area contributed by atoms with Crippen LogP contribution in [-0.2, 0) is 11.2 Å². The monoisotopic (exact) mass is 260 g/mol. The molecule has 19 heavy (non-hydrogen) atoms. The predicted octanol–water partition coefficient (Wildman–Crippen LogP) is 3.11. The summed E-state index contributed by atoms with van der Waals surface area (Å²) in [6, 6.07) is 8.16. The second-order valence-electron chi connectivity index (χ2n) is 5.29. The number of rotatable bonds is 4. The van der Waals surface area contributed by atoms with Crippen molar-refractivity contribution in [2.45, 2.75) is 51.5 Å². The lowest BCUT2D eigenvalue weighted by molar-refractivity contribution is -0.118. The smallest absolute Gasteiger partial charge is 0.241 e. The molecule has 1 unspecified atom stereocenters. The van der Waals surface area contributed by atoms with Gasteiger partial charge in [-0.25, -0.2) is 0 Å². The van der Waals surface area contributed by atoms with Gasteiger partial charge < -0.3 is 10.6 Å². The van der Waals surface area contributed by atoms with E-state index in [0.717, 1.165) is 37.9 Å². The molecule has 1 aromatic carbocycles. The fourth-order valence-electron chi connectivity index (χ4n) is 2.53. The van der Waals surface area contributed by atoms with Crippen LogP contribution in [0, 0.1) is 0 Å². The second kappa shape index (κ2) is 7.29. The molecule has 1 heterocycles. The Labute approximate surface area is 115 Å². The van der Waals surface area contributed by atoms with Crippen LogP contribution in [0.2, 0.25) is 0 Å². The van der Waals surface area contributed by atoms with E-state index in [2.05, 4.69) is 29.7 Å². The summed E-state index contributed by atoms with van der Waals surface area (Å²) in [6.07, 6.45) is 6.73. The highest BCUT2D eigenvalue weighted by atomic mass is 16.2. The van der Waals surface area contributed by atoms with Crippen LogP contribution in [0.1, 0.15) is 44.6 Å². The number of aryl methyl sites for hydroxylation is 1. The highest BCUT2D eigenvalue weighted by Gasteiger charge is 2.19. The number of anilines is 1. The molecule has 1 aromatic rings. The average molecular weight is 260 g/mol. The zero-order chi connectivity index (χ0) is 13.5. The van der Waals surface area contributed by atoms with Crippen molar-refractivity contribution < 1.29 is 4.79 Å². The minimum atomic E-state index is -0.0298. The van der Waals surface area contributed by atoms with Crippen LogP contribution in [-0.4, -0.2) is 18.5 Å². The van der Waals surface area contributed by atoms with Crippen molar-refractivity contribution >= 4 is 11.6 Å². The van der Waals surface area contributed by atoms with Crippen molar-refractivity contribution in [1.82, 2.24) is 5.32 Å². The van der Waals surface area contributed by atoms with Gasteiger partial charge in [0.2, 0.25) is 5.91 Å². The van der Waals surface area contributed by atoms with Crippen molar-refractivity contribution in [3.05, 3.63) is 29.8 Å². The Morgan fingerprint density at radius 1 is 1.26 bits per heavy atom. The summed E-state index contributed by atoms with van der Waals surface area (Å²) in [7, 11) is 0. The number of amides is 1. The summed E-state index contributed by atoms with van der Waals surface area (Å²) in [5.74, 6) is 0.102. The normalized spacial score (nSPS) is 19.7. The first kappa shape index (κ1) is 14.1. The summed E-state index contributed by atoms with van der Waals surface area (Å²) in [5, 5.41) is 6.33. The fraction of sp³-hybridized carbons (Fsp3) is 0.562. The molecule has 0 saturated carbocycles. The molecule has 0 spiro atoms. The summed E-state index contributed by atoms with van der Waals surface area (Å²) in [5.41, 5.74) is 2.23. The SMILES string of the molecule is CCCc1ccc(NC(=O)C2CCCCCN2)cc1. The van der Waals surface area contributed by atoms with E-state index in [1.54, 1.807) is 0 Å². The van der Waals surface area contributed by atoms with Crippen molar-refractivity contribution in [2.24, 2.45) is 0 Å². The van der Waals surface area contributed by atoms with Gasteiger partial charge in [0.15, 0.2) is 0 Å². The van der Waals surface area contributed by atoms with E-state index < -0.39 is 0 Å². The molecule has 3 heteroatoms. The van der Waals surface area contributed by atoms with Gasteiger partial charge in [-0.1, -0.05) is 38.3 Å². The Bertz CT molecular complexity index is 392. The third kappa shape index (κ3) is 4.35. The van der Waals surface area contributed by atoms with Gasteiger partial charge >= 0.3 is 0 Å². The quantitative estimate of drug-likeness (QED) is 0.873. The van der Waals surface area contributed by atoms with Crippen molar-refractivity contribution in [2.75, 3.05) is 11.9 Å². The van der Waals surface area contributed by atoms with Gasteiger partial charge in [0.05, 0.1) is 6.04 Å². The predicted molar refractivity (Wildman–Crippen MR) is 79.3 cm³/mol. The molecule has 2 rings (SSSR count). The van der Waals surface area contributed by atoms with Crippen LogP contribution >= 0.6 is 0 Å². The molecule has 0 aromatic heterocycles. The van der Waals surface area contributed by atoms with Gasteiger partial charge in [0.25, 0.3) is 0 Å². The van der Waals surface area contributed by atoms with Gasteiger partial charge in [-0.15, -0.1) is 0 Å². The highest BCUT2D eigenvalue weighted by Crippen LogP contribution is 2.14. The van der Waals surface area contributed by atoms with Crippen LogP contribution in [0.4, 0.5) is 5.69 Å². The minimum Gasteiger partial charge on any atom is -0.325 e. The number of hydrogen-bond acceptors (Lipinski definition) is 2. The molecule has 1 aliphatic heterocycles. The molecular weight excluding hydrogens is 236 g/mol. The fourth-order valence-corrected chi connectivity index (χ4v) is 2.53.